The Labute approximate surface area is 90.2 Å². The SMILES string of the molecule is O=C(O)CN1CCOCC2CCCCC21. The molecule has 2 fully saturated rings. The Kier molecular flexibility index (Phi) is 3.59. The second-order valence-electron chi connectivity index (χ2n) is 4.55. The Morgan fingerprint density at radius 1 is 1.40 bits per heavy atom. The average Bonchev–Trinajstić information content (AvgIpc) is 2.41. The van der Waals surface area contributed by atoms with Gasteiger partial charge in [0.25, 0.3) is 0 Å². The fourth-order valence-corrected chi connectivity index (χ4v) is 2.82. The molecule has 86 valence electrons. The van der Waals surface area contributed by atoms with Gasteiger partial charge in [-0.2, -0.15) is 0 Å². The van der Waals surface area contributed by atoms with Crippen molar-refractivity contribution in [2.45, 2.75) is 31.7 Å². The summed E-state index contributed by atoms with van der Waals surface area (Å²) in [5.74, 6) is -0.165. The van der Waals surface area contributed by atoms with Gasteiger partial charge in [0.15, 0.2) is 0 Å². The number of carboxylic acids is 1. The summed E-state index contributed by atoms with van der Waals surface area (Å²) in [7, 11) is 0. The molecule has 2 aliphatic rings. The van der Waals surface area contributed by atoms with Gasteiger partial charge in [0.1, 0.15) is 0 Å². The van der Waals surface area contributed by atoms with Crippen LogP contribution in [-0.2, 0) is 9.53 Å². The van der Waals surface area contributed by atoms with Crippen LogP contribution in [0.2, 0.25) is 0 Å². The molecule has 0 aromatic heterocycles. The Bertz CT molecular complexity index is 232. The Morgan fingerprint density at radius 2 is 2.20 bits per heavy atom. The van der Waals surface area contributed by atoms with Gasteiger partial charge in [0, 0.05) is 12.6 Å². The van der Waals surface area contributed by atoms with E-state index in [-0.39, 0.29) is 6.54 Å². The number of rotatable bonds is 2. The molecule has 4 heteroatoms. The second-order valence-corrected chi connectivity index (χ2v) is 4.55. The van der Waals surface area contributed by atoms with Crippen LogP contribution in [0.5, 0.6) is 0 Å². The summed E-state index contributed by atoms with van der Waals surface area (Å²) >= 11 is 0. The molecule has 0 aromatic rings. The summed E-state index contributed by atoms with van der Waals surface area (Å²) < 4.78 is 5.54. The maximum absolute atomic E-state index is 10.8. The molecule has 0 aromatic carbocycles. The minimum Gasteiger partial charge on any atom is -0.480 e. The van der Waals surface area contributed by atoms with Crippen molar-refractivity contribution in [3.63, 3.8) is 0 Å². The molecule has 1 heterocycles. The number of aliphatic carboxylic acids is 1. The minimum absolute atomic E-state index is 0.171. The minimum atomic E-state index is -0.721. The first-order valence-electron chi connectivity index (χ1n) is 5.81. The van der Waals surface area contributed by atoms with Gasteiger partial charge in [-0.05, 0) is 18.8 Å². The number of nitrogens with zero attached hydrogens (tertiary/aromatic N) is 1. The Morgan fingerprint density at radius 3 is 3.00 bits per heavy atom. The highest BCUT2D eigenvalue weighted by molar-refractivity contribution is 5.69. The van der Waals surface area contributed by atoms with E-state index in [1.54, 1.807) is 0 Å². The van der Waals surface area contributed by atoms with Crippen molar-refractivity contribution in [1.82, 2.24) is 4.90 Å². The molecule has 2 unspecified atom stereocenters. The van der Waals surface area contributed by atoms with Crippen LogP contribution in [0.25, 0.3) is 0 Å². The van der Waals surface area contributed by atoms with Gasteiger partial charge in [-0.3, -0.25) is 9.69 Å². The molecule has 0 spiro atoms. The lowest BCUT2D eigenvalue weighted by Crippen LogP contribution is -2.45. The molecule has 2 atom stereocenters. The van der Waals surface area contributed by atoms with Gasteiger partial charge in [0.05, 0.1) is 19.8 Å². The average molecular weight is 213 g/mol. The van der Waals surface area contributed by atoms with Crippen molar-refractivity contribution in [2.75, 3.05) is 26.3 Å². The first-order valence-corrected chi connectivity index (χ1v) is 5.81. The van der Waals surface area contributed by atoms with E-state index in [0.717, 1.165) is 19.6 Å². The standard InChI is InChI=1S/C11H19NO3/c13-11(14)7-12-5-6-15-8-9-3-1-2-4-10(9)12/h9-10H,1-8H2,(H,13,14). The third-order valence-corrected chi connectivity index (χ3v) is 3.53. The van der Waals surface area contributed by atoms with Crippen LogP contribution in [0.1, 0.15) is 25.7 Å². The highest BCUT2D eigenvalue weighted by atomic mass is 16.5. The van der Waals surface area contributed by atoms with Crippen LogP contribution in [-0.4, -0.2) is 48.3 Å². The molecule has 15 heavy (non-hydrogen) atoms. The largest absolute Gasteiger partial charge is 0.480 e. The zero-order valence-electron chi connectivity index (χ0n) is 9.02. The summed E-state index contributed by atoms with van der Waals surface area (Å²) in [5, 5.41) is 8.87. The third kappa shape index (κ3) is 2.69. The van der Waals surface area contributed by atoms with E-state index in [2.05, 4.69) is 4.90 Å². The molecule has 1 N–H and O–H groups in total. The molecule has 1 aliphatic carbocycles. The Balaban J connectivity index is 2.02. The molecular weight excluding hydrogens is 194 g/mol. The lowest BCUT2D eigenvalue weighted by atomic mass is 9.84. The van der Waals surface area contributed by atoms with E-state index in [4.69, 9.17) is 9.84 Å². The number of hydrogen-bond acceptors (Lipinski definition) is 3. The molecular formula is C11H19NO3. The smallest absolute Gasteiger partial charge is 0.317 e. The van der Waals surface area contributed by atoms with Crippen LogP contribution < -0.4 is 0 Å². The molecule has 1 aliphatic heterocycles. The monoisotopic (exact) mass is 213 g/mol. The van der Waals surface area contributed by atoms with Gasteiger partial charge in [0.2, 0.25) is 0 Å². The lowest BCUT2D eigenvalue weighted by Gasteiger charge is -2.36. The van der Waals surface area contributed by atoms with E-state index >= 15 is 0 Å². The van der Waals surface area contributed by atoms with Gasteiger partial charge in [-0.15, -0.1) is 0 Å². The number of fused-ring (bicyclic) bond motifs is 1. The first-order chi connectivity index (χ1) is 7.27. The zero-order chi connectivity index (χ0) is 10.7. The van der Waals surface area contributed by atoms with E-state index < -0.39 is 5.97 Å². The van der Waals surface area contributed by atoms with Crippen LogP contribution in [0.15, 0.2) is 0 Å². The second kappa shape index (κ2) is 4.94. The maximum atomic E-state index is 10.8. The van der Waals surface area contributed by atoms with Crippen molar-refractivity contribution >= 4 is 5.97 Å². The molecule has 1 saturated heterocycles. The Hall–Kier alpha value is -0.610. The molecule has 0 radical (unpaired) electrons. The van der Waals surface area contributed by atoms with Gasteiger partial charge in [-0.1, -0.05) is 12.8 Å². The quantitative estimate of drug-likeness (QED) is 0.742. The molecule has 1 saturated carbocycles. The highest BCUT2D eigenvalue weighted by Gasteiger charge is 2.32. The summed E-state index contributed by atoms with van der Waals surface area (Å²) in [6.07, 6.45) is 4.84. The van der Waals surface area contributed by atoms with Gasteiger partial charge >= 0.3 is 5.97 Å². The summed E-state index contributed by atoms with van der Waals surface area (Å²) in [6, 6.07) is 0.442. The number of ether oxygens (including phenoxy) is 1. The van der Waals surface area contributed by atoms with Crippen LogP contribution in [0.3, 0.4) is 0 Å². The fraction of sp³-hybridized carbons (Fsp3) is 0.909. The number of hydrogen-bond donors (Lipinski definition) is 1. The van der Waals surface area contributed by atoms with E-state index in [1.807, 2.05) is 0 Å². The zero-order valence-corrected chi connectivity index (χ0v) is 9.02. The lowest BCUT2D eigenvalue weighted by molar-refractivity contribution is -0.139. The van der Waals surface area contributed by atoms with E-state index in [1.165, 1.54) is 19.3 Å². The van der Waals surface area contributed by atoms with E-state index in [9.17, 15) is 4.79 Å². The third-order valence-electron chi connectivity index (χ3n) is 3.53. The fourth-order valence-electron chi connectivity index (χ4n) is 2.82. The molecule has 0 amide bonds. The molecule has 2 rings (SSSR count). The predicted octanol–water partition coefficient (Wildman–Crippen LogP) is 0.962. The summed E-state index contributed by atoms with van der Waals surface area (Å²) in [5.41, 5.74) is 0. The maximum Gasteiger partial charge on any atom is 0.317 e. The normalized spacial score (nSPS) is 33.1. The van der Waals surface area contributed by atoms with Crippen LogP contribution >= 0.6 is 0 Å². The molecule has 4 nitrogen and oxygen atoms in total. The van der Waals surface area contributed by atoms with Crippen molar-refractivity contribution in [2.24, 2.45) is 5.92 Å². The highest BCUT2D eigenvalue weighted by Crippen LogP contribution is 2.30. The van der Waals surface area contributed by atoms with Gasteiger partial charge < -0.3 is 9.84 Å². The number of carbonyl (C=O) groups is 1. The van der Waals surface area contributed by atoms with Crippen molar-refractivity contribution in [3.05, 3.63) is 0 Å². The predicted molar refractivity (Wildman–Crippen MR) is 55.8 cm³/mol. The van der Waals surface area contributed by atoms with Crippen molar-refractivity contribution in [1.29, 1.82) is 0 Å². The van der Waals surface area contributed by atoms with Crippen molar-refractivity contribution < 1.29 is 14.6 Å². The first kappa shape index (κ1) is 10.9. The van der Waals surface area contributed by atoms with Crippen LogP contribution in [0.4, 0.5) is 0 Å². The van der Waals surface area contributed by atoms with Gasteiger partial charge in [-0.25, -0.2) is 0 Å². The van der Waals surface area contributed by atoms with Crippen LogP contribution in [0, 0.1) is 5.92 Å². The molecule has 0 bridgehead atoms. The number of carboxylic acid groups (broad SMARTS) is 1. The summed E-state index contributed by atoms with van der Waals surface area (Å²) in [6.45, 7) is 2.44. The topological polar surface area (TPSA) is 49.8 Å². The van der Waals surface area contributed by atoms with E-state index in [0.29, 0.717) is 18.6 Å². The van der Waals surface area contributed by atoms with Crippen molar-refractivity contribution in [3.8, 4) is 0 Å². The summed E-state index contributed by atoms with van der Waals surface area (Å²) in [4.78, 5) is 12.9.